The van der Waals surface area contributed by atoms with Crippen molar-refractivity contribution < 1.29 is 9.53 Å². The van der Waals surface area contributed by atoms with E-state index in [9.17, 15) is 4.79 Å². The molecule has 0 unspecified atom stereocenters. The monoisotopic (exact) mass is 306 g/mol. The lowest BCUT2D eigenvalue weighted by molar-refractivity contribution is 0.112. The van der Waals surface area contributed by atoms with Crippen LogP contribution in [0, 0.1) is 0 Å². The first kappa shape index (κ1) is 15.6. The van der Waals surface area contributed by atoms with Gasteiger partial charge in [0.25, 0.3) is 0 Å². The van der Waals surface area contributed by atoms with Crippen molar-refractivity contribution in [2.24, 2.45) is 0 Å². The minimum absolute atomic E-state index is 0.424. The van der Waals surface area contributed by atoms with Crippen LogP contribution in [0.4, 0.5) is 0 Å². The van der Waals surface area contributed by atoms with E-state index in [0.717, 1.165) is 37.0 Å². The van der Waals surface area contributed by atoms with Crippen molar-refractivity contribution in [1.29, 1.82) is 0 Å². The second-order valence-electron chi connectivity index (χ2n) is 4.76. The molecule has 0 N–H and O–H groups in total. The van der Waals surface area contributed by atoms with E-state index in [2.05, 4.69) is 12.0 Å². The molecule has 1 aromatic carbocycles. The molecule has 0 fully saturated rings. The van der Waals surface area contributed by atoms with Crippen molar-refractivity contribution in [3.05, 3.63) is 46.7 Å². The first-order valence-corrected chi connectivity index (χ1v) is 7.52. The molecule has 112 valence electrons. The highest BCUT2D eigenvalue weighted by Crippen LogP contribution is 2.20. The van der Waals surface area contributed by atoms with E-state index in [-0.39, 0.29) is 0 Å². The number of halogens is 1. The number of hydrogen-bond acceptors (Lipinski definition) is 3. The number of ether oxygens (including phenoxy) is 1. The zero-order valence-corrected chi connectivity index (χ0v) is 12.8. The number of aryl methyl sites for hydroxylation is 2. The van der Waals surface area contributed by atoms with E-state index in [4.69, 9.17) is 16.3 Å². The molecular weight excluding hydrogens is 288 g/mol. The molecule has 2 rings (SSSR count). The zero-order chi connectivity index (χ0) is 15.1. The molecule has 0 saturated heterocycles. The van der Waals surface area contributed by atoms with Gasteiger partial charge in [-0.1, -0.05) is 43.1 Å². The molecule has 0 spiro atoms. The lowest BCUT2D eigenvalue weighted by Crippen LogP contribution is -2.06. The quantitative estimate of drug-likeness (QED) is 0.551. The third-order valence-electron chi connectivity index (χ3n) is 3.13. The van der Waals surface area contributed by atoms with Gasteiger partial charge < -0.3 is 4.74 Å². The fourth-order valence-electron chi connectivity index (χ4n) is 2.11. The maximum Gasteiger partial charge on any atom is 0.155 e. The molecule has 0 radical (unpaired) electrons. The average molecular weight is 307 g/mol. The van der Waals surface area contributed by atoms with Crippen LogP contribution >= 0.6 is 11.6 Å². The maximum absolute atomic E-state index is 11.1. The largest absolute Gasteiger partial charge is 0.494 e. The molecule has 0 aliphatic heterocycles. The van der Waals surface area contributed by atoms with Crippen LogP contribution in [0.25, 0.3) is 0 Å². The normalized spacial score (nSPS) is 10.6. The van der Waals surface area contributed by atoms with Gasteiger partial charge >= 0.3 is 0 Å². The number of aldehydes is 1. The van der Waals surface area contributed by atoms with E-state index < -0.39 is 0 Å². The van der Waals surface area contributed by atoms with Gasteiger partial charge in [0.2, 0.25) is 0 Å². The summed E-state index contributed by atoms with van der Waals surface area (Å²) < 4.78 is 7.31. The van der Waals surface area contributed by atoms with Crippen molar-refractivity contribution in [3.63, 3.8) is 0 Å². The van der Waals surface area contributed by atoms with Crippen LogP contribution < -0.4 is 4.74 Å². The fourth-order valence-corrected chi connectivity index (χ4v) is 2.38. The van der Waals surface area contributed by atoms with Crippen LogP contribution in [0.15, 0.2) is 30.3 Å². The Morgan fingerprint density at radius 1 is 1.33 bits per heavy atom. The minimum atomic E-state index is 0.424. The van der Waals surface area contributed by atoms with Gasteiger partial charge in [-0.25, -0.2) is 0 Å². The summed E-state index contributed by atoms with van der Waals surface area (Å²) in [6.45, 7) is 3.27. The number of rotatable bonds is 8. The smallest absolute Gasteiger partial charge is 0.155 e. The summed E-state index contributed by atoms with van der Waals surface area (Å²) in [5.41, 5.74) is 1.30. The molecule has 0 saturated carbocycles. The summed E-state index contributed by atoms with van der Waals surface area (Å²) in [5.74, 6) is 0.851. The molecule has 0 amide bonds. The second-order valence-corrected chi connectivity index (χ2v) is 5.12. The highest BCUT2D eigenvalue weighted by molar-refractivity contribution is 6.32. The molecule has 5 heteroatoms. The number of hydrogen-bond donors (Lipinski definition) is 0. The molecule has 0 aliphatic rings. The number of carbonyl (C=O) groups excluding carboxylic acids is 1. The third kappa shape index (κ3) is 4.08. The number of benzene rings is 1. The lowest BCUT2D eigenvalue weighted by atomic mass is 10.2. The molecule has 4 nitrogen and oxygen atoms in total. The van der Waals surface area contributed by atoms with Crippen molar-refractivity contribution in [1.82, 2.24) is 9.78 Å². The summed E-state index contributed by atoms with van der Waals surface area (Å²) >= 11 is 6.19. The Morgan fingerprint density at radius 3 is 2.76 bits per heavy atom. The van der Waals surface area contributed by atoms with Gasteiger partial charge in [0, 0.05) is 13.0 Å². The summed E-state index contributed by atoms with van der Waals surface area (Å²) in [7, 11) is 0. The molecule has 1 heterocycles. The van der Waals surface area contributed by atoms with E-state index in [1.807, 2.05) is 30.3 Å². The number of para-hydroxylation sites is 1. The van der Waals surface area contributed by atoms with Gasteiger partial charge in [0.05, 0.1) is 17.9 Å². The van der Waals surface area contributed by atoms with Crippen molar-refractivity contribution in [2.45, 2.75) is 32.7 Å². The SMILES string of the molecule is CCCc1nn(CCCOc2ccccc2)c(Cl)c1C=O. The Hall–Kier alpha value is -1.81. The highest BCUT2D eigenvalue weighted by Gasteiger charge is 2.14. The summed E-state index contributed by atoms with van der Waals surface area (Å²) in [6, 6.07) is 9.67. The van der Waals surface area contributed by atoms with Crippen LogP contribution in [-0.2, 0) is 13.0 Å². The zero-order valence-electron chi connectivity index (χ0n) is 12.1. The topological polar surface area (TPSA) is 44.1 Å². The number of carbonyl (C=O) groups is 1. The highest BCUT2D eigenvalue weighted by atomic mass is 35.5. The maximum atomic E-state index is 11.1. The second kappa shape index (κ2) is 7.84. The molecule has 0 aliphatic carbocycles. The first-order valence-electron chi connectivity index (χ1n) is 7.14. The van der Waals surface area contributed by atoms with Gasteiger partial charge in [-0.15, -0.1) is 0 Å². The fraction of sp³-hybridized carbons (Fsp3) is 0.375. The van der Waals surface area contributed by atoms with Crippen LogP contribution in [0.3, 0.4) is 0 Å². The number of aromatic nitrogens is 2. The number of nitrogens with zero attached hydrogens (tertiary/aromatic N) is 2. The Labute approximate surface area is 129 Å². The van der Waals surface area contributed by atoms with E-state index >= 15 is 0 Å². The van der Waals surface area contributed by atoms with Crippen molar-refractivity contribution >= 4 is 17.9 Å². The third-order valence-corrected chi connectivity index (χ3v) is 3.53. The lowest BCUT2D eigenvalue weighted by Gasteiger charge is -2.06. The van der Waals surface area contributed by atoms with E-state index in [1.165, 1.54) is 0 Å². The molecule has 1 aromatic heterocycles. The van der Waals surface area contributed by atoms with Gasteiger partial charge in [0.15, 0.2) is 6.29 Å². The minimum Gasteiger partial charge on any atom is -0.494 e. The summed E-state index contributed by atoms with van der Waals surface area (Å²) in [4.78, 5) is 11.1. The average Bonchev–Trinajstić information content (AvgIpc) is 2.80. The van der Waals surface area contributed by atoms with Crippen molar-refractivity contribution in [2.75, 3.05) is 6.61 Å². The Morgan fingerprint density at radius 2 is 2.10 bits per heavy atom. The van der Waals surface area contributed by atoms with Gasteiger partial charge in [-0.3, -0.25) is 9.48 Å². The van der Waals surface area contributed by atoms with Crippen LogP contribution in [0.1, 0.15) is 35.8 Å². The van der Waals surface area contributed by atoms with Crippen LogP contribution in [0.5, 0.6) is 5.75 Å². The van der Waals surface area contributed by atoms with Gasteiger partial charge in [0.1, 0.15) is 10.9 Å². The Balaban J connectivity index is 1.89. The summed E-state index contributed by atoms with van der Waals surface area (Å²) in [6.07, 6.45) is 3.27. The van der Waals surface area contributed by atoms with Gasteiger partial charge in [-0.05, 0) is 18.6 Å². The standard InChI is InChI=1S/C16H19ClN2O2/c1-2-7-15-14(12-20)16(17)19(18-15)10-6-11-21-13-8-4-3-5-9-13/h3-5,8-9,12H,2,6-7,10-11H2,1H3. The predicted octanol–water partition coefficient (Wildman–Crippen LogP) is 3.77. The molecule has 0 atom stereocenters. The first-order chi connectivity index (χ1) is 10.3. The van der Waals surface area contributed by atoms with E-state index in [0.29, 0.717) is 23.9 Å². The van der Waals surface area contributed by atoms with Crippen LogP contribution in [0.2, 0.25) is 5.15 Å². The van der Waals surface area contributed by atoms with E-state index in [1.54, 1.807) is 4.68 Å². The predicted molar refractivity (Wildman–Crippen MR) is 83.2 cm³/mol. The molecule has 21 heavy (non-hydrogen) atoms. The van der Waals surface area contributed by atoms with Crippen molar-refractivity contribution in [3.8, 4) is 5.75 Å². The Bertz CT molecular complexity index is 581. The van der Waals surface area contributed by atoms with Crippen LogP contribution in [-0.4, -0.2) is 22.7 Å². The van der Waals surface area contributed by atoms with Gasteiger partial charge in [-0.2, -0.15) is 5.10 Å². The molecule has 2 aromatic rings. The molecular formula is C16H19ClN2O2. The molecule has 0 bridgehead atoms. The summed E-state index contributed by atoms with van der Waals surface area (Å²) in [5, 5.41) is 4.84. The Kier molecular flexibility index (Phi) is 5.81.